The number of aryl methyl sites for hydroxylation is 1. The number of amides is 1. The summed E-state index contributed by atoms with van der Waals surface area (Å²) in [4.78, 5) is 24.7. The maximum Gasteiger partial charge on any atom is 0.319 e. The van der Waals surface area contributed by atoms with E-state index in [2.05, 4.69) is 18.0 Å². The first kappa shape index (κ1) is 17.8. The van der Waals surface area contributed by atoms with Gasteiger partial charge in [-0.15, -0.1) is 18.3 Å². The molecule has 0 radical (unpaired) electrons. The van der Waals surface area contributed by atoms with Crippen LogP contribution < -0.4 is 5.32 Å². The zero-order valence-electron chi connectivity index (χ0n) is 13.5. The predicted molar refractivity (Wildman–Crippen MR) is 92.9 cm³/mol. The van der Waals surface area contributed by atoms with Crippen LogP contribution in [0.3, 0.4) is 0 Å². The number of allylic oxidation sites excluding steroid dienone is 1. The Labute approximate surface area is 145 Å². The van der Waals surface area contributed by atoms with E-state index in [1.807, 2.05) is 31.2 Å². The second-order valence-corrected chi connectivity index (χ2v) is 6.36. The average Bonchev–Trinajstić information content (AvgIpc) is 2.59. The van der Waals surface area contributed by atoms with Crippen LogP contribution in [0.15, 0.2) is 47.5 Å². The number of carbonyl (C=O) groups is 2. The van der Waals surface area contributed by atoms with Gasteiger partial charge in [0.15, 0.2) is 0 Å². The van der Waals surface area contributed by atoms with E-state index in [9.17, 15) is 14.9 Å². The molecular formula is C18H18N2O3S. The molecule has 0 aromatic heterocycles. The van der Waals surface area contributed by atoms with E-state index < -0.39 is 23.7 Å². The van der Waals surface area contributed by atoms with Crippen LogP contribution in [0.2, 0.25) is 0 Å². The molecule has 1 aromatic rings. The smallest absolute Gasteiger partial charge is 0.319 e. The average molecular weight is 342 g/mol. The fourth-order valence-electron chi connectivity index (χ4n) is 2.60. The van der Waals surface area contributed by atoms with Crippen LogP contribution in [0.25, 0.3) is 0 Å². The Morgan fingerprint density at radius 2 is 2.12 bits per heavy atom. The molecule has 1 amide bonds. The third-order valence-electron chi connectivity index (χ3n) is 3.77. The SMILES string of the molecule is C=CCSC1=C(C#N)[C@H](c2ccc(C)cc2)[C@H](C(=O)OC)C(=O)N1. The van der Waals surface area contributed by atoms with Crippen LogP contribution in [0, 0.1) is 24.2 Å². The number of thioether (sulfide) groups is 1. The van der Waals surface area contributed by atoms with Gasteiger partial charge in [0.2, 0.25) is 5.91 Å². The van der Waals surface area contributed by atoms with E-state index in [0.29, 0.717) is 16.4 Å². The van der Waals surface area contributed by atoms with Crippen molar-refractivity contribution in [3.05, 3.63) is 58.6 Å². The quantitative estimate of drug-likeness (QED) is 0.505. The normalized spacial score (nSPS) is 20.1. The van der Waals surface area contributed by atoms with Gasteiger partial charge in [-0.3, -0.25) is 9.59 Å². The Morgan fingerprint density at radius 3 is 2.67 bits per heavy atom. The standard InChI is InChI=1S/C18H18N2O3S/c1-4-9-24-17-13(10-19)14(12-7-5-11(2)6-8-12)15(16(21)20-17)18(22)23-3/h4-8,14-15H,1,9H2,2-3H3,(H,20,21)/t14-,15-/m0/s1. The predicted octanol–water partition coefficient (Wildman–Crippen LogP) is 2.65. The number of rotatable bonds is 5. The van der Waals surface area contributed by atoms with Gasteiger partial charge in [0.25, 0.3) is 0 Å². The molecule has 1 heterocycles. The molecule has 1 N–H and O–H groups in total. The summed E-state index contributed by atoms with van der Waals surface area (Å²) in [6.07, 6.45) is 1.69. The molecular weight excluding hydrogens is 324 g/mol. The minimum Gasteiger partial charge on any atom is -0.468 e. The molecule has 0 saturated heterocycles. The van der Waals surface area contributed by atoms with Gasteiger partial charge in [-0.2, -0.15) is 5.26 Å². The van der Waals surface area contributed by atoms with Crippen LogP contribution in [0.5, 0.6) is 0 Å². The minimum atomic E-state index is -1.08. The lowest BCUT2D eigenvalue weighted by atomic mass is 9.78. The minimum absolute atomic E-state index is 0.362. The lowest BCUT2D eigenvalue weighted by Gasteiger charge is -2.30. The van der Waals surface area contributed by atoms with Gasteiger partial charge < -0.3 is 10.1 Å². The monoisotopic (exact) mass is 342 g/mol. The molecule has 0 spiro atoms. The first-order valence-corrected chi connectivity index (χ1v) is 8.35. The first-order valence-electron chi connectivity index (χ1n) is 7.36. The van der Waals surface area contributed by atoms with Gasteiger partial charge in [0.1, 0.15) is 5.92 Å². The molecule has 0 fully saturated rings. The molecule has 5 nitrogen and oxygen atoms in total. The van der Waals surface area contributed by atoms with Crippen molar-refractivity contribution in [1.82, 2.24) is 5.32 Å². The number of methoxy groups -OCH3 is 1. The summed E-state index contributed by atoms with van der Waals surface area (Å²) in [6, 6.07) is 9.61. The molecule has 6 heteroatoms. The maximum absolute atomic E-state index is 12.5. The van der Waals surface area contributed by atoms with Crippen molar-refractivity contribution in [2.75, 3.05) is 12.9 Å². The third kappa shape index (κ3) is 3.52. The summed E-state index contributed by atoms with van der Waals surface area (Å²) in [5.41, 5.74) is 2.15. The molecule has 0 saturated carbocycles. The van der Waals surface area contributed by atoms with Gasteiger partial charge in [0.05, 0.1) is 23.8 Å². The summed E-state index contributed by atoms with van der Waals surface area (Å²) in [5, 5.41) is 12.8. The van der Waals surface area contributed by atoms with Gasteiger partial charge in [-0.1, -0.05) is 35.9 Å². The second-order valence-electron chi connectivity index (χ2n) is 5.33. The molecule has 1 aliphatic rings. The fourth-order valence-corrected chi connectivity index (χ4v) is 3.38. The van der Waals surface area contributed by atoms with Crippen LogP contribution in [-0.2, 0) is 14.3 Å². The zero-order valence-corrected chi connectivity index (χ0v) is 14.4. The first-order chi connectivity index (χ1) is 11.5. The summed E-state index contributed by atoms with van der Waals surface area (Å²) >= 11 is 1.31. The van der Waals surface area contributed by atoms with Crippen molar-refractivity contribution in [2.24, 2.45) is 5.92 Å². The number of hydrogen-bond acceptors (Lipinski definition) is 5. The Morgan fingerprint density at radius 1 is 1.46 bits per heavy atom. The summed E-state index contributed by atoms with van der Waals surface area (Å²) in [6.45, 7) is 5.59. The van der Waals surface area contributed by atoms with E-state index >= 15 is 0 Å². The molecule has 2 atom stereocenters. The molecule has 2 rings (SSSR count). The fraction of sp³-hybridized carbons (Fsp3) is 0.278. The van der Waals surface area contributed by atoms with Crippen molar-refractivity contribution in [3.63, 3.8) is 0 Å². The van der Waals surface area contributed by atoms with Crippen molar-refractivity contribution in [1.29, 1.82) is 5.26 Å². The topological polar surface area (TPSA) is 79.2 Å². The van der Waals surface area contributed by atoms with E-state index in [1.54, 1.807) is 6.08 Å². The highest BCUT2D eigenvalue weighted by atomic mass is 32.2. The molecule has 1 aliphatic heterocycles. The largest absolute Gasteiger partial charge is 0.468 e. The highest BCUT2D eigenvalue weighted by Crippen LogP contribution is 2.40. The zero-order chi connectivity index (χ0) is 17.7. The van der Waals surface area contributed by atoms with Gasteiger partial charge >= 0.3 is 5.97 Å². The molecule has 0 unspecified atom stereocenters. The van der Waals surface area contributed by atoms with Crippen LogP contribution in [-0.4, -0.2) is 24.7 Å². The van der Waals surface area contributed by atoms with E-state index in [0.717, 1.165) is 11.1 Å². The number of nitrogens with zero attached hydrogens (tertiary/aromatic N) is 1. The number of nitriles is 1. The van der Waals surface area contributed by atoms with Crippen molar-refractivity contribution in [3.8, 4) is 6.07 Å². The van der Waals surface area contributed by atoms with E-state index in [-0.39, 0.29) is 0 Å². The lowest BCUT2D eigenvalue weighted by Crippen LogP contribution is -2.44. The summed E-state index contributed by atoms with van der Waals surface area (Å²) in [5.74, 6) is -2.31. The van der Waals surface area contributed by atoms with E-state index in [1.165, 1.54) is 18.9 Å². The van der Waals surface area contributed by atoms with Crippen molar-refractivity contribution in [2.45, 2.75) is 12.8 Å². The number of nitrogens with one attached hydrogen (secondary N) is 1. The van der Waals surface area contributed by atoms with Crippen molar-refractivity contribution < 1.29 is 14.3 Å². The molecule has 1 aromatic carbocycles. The molecule has 0 bridgehead atoms. The second kappa shape index (κ2) is 7.84. The number of benzene rings is 1. The molecule has 124 valence electrons. The van der Waals surface area contributed by atoms with Crippen molar-refractivity contribution >= 4 is 23.6 Å². The Balaban J connectivity index is 2.59. The van der Waals surface area contributed by atoms with Gasteiger partial charge in [0, 0.05) is 11.7 Å². The van der Waals surface area contributed by atoms with Crippen LogP contribution >= 0.6 is 11.8 Å². The molecule has 0 aliphatic carbocycles. The summed E-state index contributed by atoms with van der Waals surface area (Å²) in [7, 11) is 1.24. The van der Waals surface area contributed by atoms with Gasteiger partial charge in [-0.25, -0.2) is 0 Å². The third-order valence-corrected chi connectivity index (χ3v) is 4.78. The maximum atomic E-state index is 12.5. The number of hydrogen-bond donors (Lipinski definition) is 1. The number of carbonyl (C=O) groups excluding carboxylic acids is 2. The highest BCUT2D eigenvalue weighted by molar-refractivity contribution is 8.03. The number of esters is 1. The van der Waals surface area contributed by atoms with Crippen LogP contribution in [0.1, 0.15) is 17.0 Å². The number of ether oxygens (including phenoxy) is 1. The summed E-state index contributed by atoms with van der Waals surface area (Å²) < 4.78 is 4.79. The lowest BCUT2D eigenvalue weighted by molar-refractivity contribution is -0.150. The Bertz CT molecular complexity index is 732. The Hall–Kier alpha value is -2.52. The highest BCUT2D eigenvalue weighted by Gasteiger charge is 2.44. The Kier molecular flexibility index (Phi) is 5.83. The molecule has 24 heavy (non-hydrogen) atoms. The van der Waals surface area contributed by atoms with Crippen LogP contribution in [0.4, 0.5) is 0 Å². The van der Waals surface area contributed by atoms with Gasteiger partial charge in [-0.05, 0) is 12.5 Å². The van der Waals surface area contributed by atoms with E-state index in [4.69, 9.17) is 4.74 Å².